The fourth-order valence-electron chi connectivity index (χ4n) is 1.74. The highest BCUT2D eigenvalue weighted by atomic mass is 16.2. The normalized spacial score (nSPS) is 16.8. The van der Waals surface area contributed by atoms with Gasteiger partial charge < -0.3 is 4.90 Å². The van der Waals surface area contributed by atoms with Gasteiger partial charge in [-0.05, 0) is 18.4 Å². The minimum Gasteiger partial charge on any atom is -0.338 e. The van der Waals surface area contributed by atoms with E-state index in [-0.39, 0.29) is 5.91 Å². The van der Waals surface area contributed by atoms with Gasteiger partial charge in [-0.2, -0.15) is 0 Å². The van der Waals surface area contributed by atoms with Gasteiger partial charge in [0.2, 0.25) is 5.91 Å². The number of amides is 1. The molecule has 1 aliphatic rings. The summed E-state index contributed by atoms with van der Waals surface area (Å²) >= 11 is 0. The highest BCUT2D eigenvalue weighted by molar-refractivity contribution is 5.87. The summed E-state index contributed by atoms with van der Waals surface area (Å²) in [5.74, 6) is 0.849. The number of rotatable bonds is 5. The monoisotopic (exact) mass is 181 g/mol. The lowest BCUT2D eigenvalue weighted by Crippen LogP contribution is -2.49. The number of carbonyl (C=O) groups is 1. The molecule has 1 rings (SSSR count). The van der Waals surface area contributed by atoms with Crippen LogP contribution in [-0.2, 0) is 4.79 Å². The molecule has 13 heavy (non-hydrogen) atoms. The Labute approximate surface area is 80.6 Å². The molecule has 1 fully saturated rings. The van der Waals surface area contributed by atoms with Gasteiger partial charge in [-0.15, -0.1) is 0 Å². The van der Waals surface area contributed by atoms with Crippen LogP contribution >= 0.6 is 0 Å². The topological polar surface area (TPSA) is 20.3 Å². The van der Waals surface area contributed by atoms with Crippen molar-refractivity contribution in [2.24, 2.45) is 5.92 Å². The smallest absolute Gasteiger partial charge is 0.245 e. The molecule has 0 saturated carbocycles. The van der Waals surface area contributed by atoms with Gasteiger partial charge in [0.25, 0.3) is 0 Å². The molecule has 0 N–H and O–H groups in total. The predicted molar refractivity (Wildman–Crippen MR) is 54.4 cm³/mol. The van der Waals surface area contributed by atoms with Crippen molar-refractivity contribution < 1.29 is 4.79 Å². The van der Waals surface area contributed by atoms with Gasteiger partial charge in [0.15, 0.2) is 0 Å². The zero-order valence-corrected chi connectivity index (χ0v) is 8.46. The summed E-state index contributed by atoms with van der Waals surface area (Å²) in [6.07, 6.45) is 6.61. The van der Waals surface area contributed by atoms with E-state index in [2.05, 4.69) is 13.5 Å². The average molecular weight is 181 g/mol. The molecule has 0 radical (unpaired) electrons. The summed E-state index contributed by atoms with van der Waals surface area (Å²) < 4.78 is 0. The third-order valence-electron chi connectivity index (χ3n) is 2.66. The highest BCUT2D eigenvalue weighted by Gasteiger charge is 2.28. The number of unbranched alkanes of at least 4 members (excludes halogenated alkanes) is 2. The third-order valence-corrected chi connectivity index (χ3v) is 2.66. The van der Waals surface area contributed by atoms with Crippen LogP contribution in [0.3, 0.4) is 0 Å². The van der Waals surface area contributed by atoms with E-state index in [1.54, 1.807) is 0 Å². The summed E-state index contributed by atoms with van der Waals surface area (Å²) in [5, 5.41) is 0. The SMILES string of the molecule is C=CC(=O)N1CC(CCCCC)C1. The van der Waals surface area contributed by atoms with Crippen LogP contribution in [0.15, 0.2) is 12.7 Å². The van der Waals surface area contributed by atoms with Gasteiger partial charge in [-0.25, -0.2) is 0 Å². The molecule has 2 heteroatoms. The first-order valence-corrected chi connectivity index (χ1v) is 5.19. The Bertz CT molecular complexity index is 183. The number of carbonyl (C=O) groups excluding carboxylic acids is 1. The number of hydrogen-bond acceptors (Lipinski definition) is 1. The fourth-order valence-corrected chi connectivity index (χ4v) is 1.74. The maximum Gasteiger partial charge on any atom is 0.245 e. The molecule has 0 aromatic heterocycles. The zero-order chi connectivity index (χ0) is 9.68. The minimum atomic E-state index is 0.0896. The molecule has 1 amide bonds. The molecule has 74 valence electrons. The first kappa shape index (κ1) is 10.3. The lowest BCUT2D eigenvalue weighted by atomic mass is 9.93. The van der Waals surface area contributed by atoms with Crippen molar-refractivity contribution in [1.29, 1.82) is 0 Å². The molecule has 0 unspecified atom stereocenters. The van der Waals surface area contributed by atoms with Crippen LogP contribution in [0.25, 0.3) is 0 Å². The van der Waals surface area contributed by atoms with Gasteiger partial charge in [0.05, 0.1) is 0 Å². The van der Waals surface area contributed by atoms with E-state index >= 15 is 0 Å². The van der Waals surface area contributed by atoms with E-state index in [4.69, 9.17) is 0 Å². The van der Waals surface area contributed by atoms with E-state index in [9.17, 15) is 4.79 Å². The number of nitrogens with zero attached hydrogens (tertiary/aromatic N) is 1. The predicted octanol–water partition coefficient (Wildman–Crippen LogP) is 2.21. The Morgan fingerprint density at radius 1 is 1.54 bits per heavy atom. The van der Waals surface area contributed by atoms with Crippen LogP contribution in [0.2, 0.25) is 0 Å². The van der Waals surface area contributed by atoms with E-state index in [0.717, 1.165) is 19.0 Å². The van der Waals surface area contributed by atoms with Crippen LogP contribution < -0.4 is 0 Å². The van der Waals surface area contributed by atoms with Gasteiger partial charge in [-0.3, -0.25) is 4.79 Å². The third kappa shape index (κ3) is 2.87. The van der Waals surface area contributed by atoms with Gasteiger partial charge >= 0.3 is 0 Å². The van der Waals surface area contributed by atoms with Crippen molar-refractivity contribution in [2.75, 3.05) is 13.1 Å². The van der Waals surface area contributed by atoms with Crippen LogP contribution in [0.5, 0.6) is 0 Å². The van der Waals surface area contributed by atoms with Gasteiger partial charge in [0.1, 0.15) is 0 Å². The largest absolute Gasteiger partial charge is 0.338 e. The summed E-state index contributed by atoms with van der Waals surface area (Å²) in [6.45, 7) is 7.60. The first-order chi connectivity index (χ1) is 6.27. The Morgan fingerprint density at radius 2 is 2.23 bits per heavy atom. The molecule has 0 atom stereocenters. The molecule has 0 aliphatic carbocycles. The second kappa shape index (κ2) is 5.05. The van der Waals surface area contributed by atoms with Gasteiger partial charge in [-0.1, -0.05) is 32.8 Å². The Balaban J connectivity index is 2.04. The van der Waals surface area contributed by atoms with E-state index in [1.165, 1.54) is 31.8 Å². The number of likely N-dealkylation sites (tertiary alicyclic amines) is 1. The summed E-state index contributed by atoms with van der Waals surface area (Å²) in [6, 6.07) is 0. The Kier molecular flexibility index (Phi) is 4.00. The van der Waals surface area contributed by atoms with E-state index < -0.39 is 0 Å². The number of hydrogen-bond donors (Lipinski definition) is 0. The summed E-state index contributed by atoms with van der Waals surface area (Å²) in [7, 11) is 0. The Morgan fingerprint density at radius 3 is 2.77 bits per heavy atom. The molecule has 0 aromatic carbocycles. The van der Waals surface area contributed by atoms with Crippen molar-refractivity contribution in [3.63, 3.8) is 0 Å². The van der Waals surface area contributed by atoms with Crippen molar-refractivity contribution >= 4 is 5.91 Å². The zero-order valence-electron chi connectivity index (χ0n) is 8.46. The molecular weight excluding hydrogens is 162 g/mol. The molecule has 0 bridgehead atoms. The lowest BCUT2D eigenvalue weighted by Gasteiger charge is -2.38. The summed E-state index contributed by atoms with van der Waals surface area (Å²) in [5.41, 5.74) is 0. The lowest BCUT2D eigenvalue weighted by molar-refractivity contribution is -0.132. The van der Waals surface area contributed by atoms with Crippen LogP contribution in [-0.4, -0.2) is 23.9 Å². The first-order valence-electron chi connectivity index (χ1n) is 5.19. The summed E-state index contributed by atoms with van der Waals surface area (Å²) in [4.78, 5) is 12.9. The van der Waals surface area contributed by atoms with Crippen LogP contribution in [0, 0.1) is 5.92 Å². The standard InChI is InChI=1S/C11H19NO/c1-3-5-6-7-10-8-12(9-10)11(13)4-2/h4,10H,2-3,5-9H2,1H3. The minimum absolute atomic E-state index is 0.0896. The quantitative estimate of drug-likeness (QED) is 0.470. The van der Waals surface area contributed by atoms with Crippen LogP contribution in [0.4, 0.5) is 0 Å². The molecule has 0 aromatic rings. The van der Waals surface area contributed by atoms with Crippen molar-refractivity contribution in [2.45, 2.75) is 32.6 Å². The highest BCUT2D eigenvalue weighted by Crippen LogP contribution is 2.21. The molecular formula is C11H19NO. The molecule has 1 saturated heterocycles. The van der Waals surface area contributed by atoms with Crippen molar-refractivity contribution in [1.82, 2.24) is 4.90 Å². The maximum atomic E-state index is 11.1. The van der Waals surface area contributed by atoms with E-state index in [1.807, 2.05) is 4.90 Å². The van der Waals surface area contributed by atoms with Gasteiger partial charge in [0, 0.05) is 13.1 Å². The second-order valence-corrected chi connectivity index (χ2v) is 3.81. The Hall–Kier alpha value is -0.790. The van der Waals surface area contributed by atoms with Crippen LogP contribution in [0.1, 0.15) is 32.6 Å². The second-order valence-electron chi connectivity index (χ2n) is 3.81. The van der Waals surface area contributed by atoms with Crippen molar-refractivity contribution in [3.05, 3.63) is 12.7 Å². The molecule has 2 nitrogen and oxygen atoms in total. The molecule has 1 heterocycles. The van der Waals surface area contributed by atoms with E-state index in [0.29, 0.717) is 0 Å². The molecule has 0 spiro atoms. The fraction of sp³-hybridized carbons (Fsp3) is 0.727. The molecule has 1 aliphatic heterocycles. The maximum absolute atomic E-state index is 11.1. The van der Waals surface area contributed by atoms with Crippen molar-refractivity contribution in [3.8, 4) is 0 Å². The average Bonchev–Trinajstić information content (AvgIpc) is 2.08.